The quantitative estimate of drug-likeness (QED) is 0.813. The molecule has 2 aliphatic rings. The lowest BCUT2D eigenvalue weighted by Gasteiger charge is -2.40. The fraction of sp³-hybridized carbons (Fsp3) is 0.632. The summed E-state index contributed by atoms with van der Waals surface area (Å²) in [5.41, 5.74) is 0.999. The number of benzene rings is 1. The molecule has 2 saturated heterocycles. The molecule has 2 aliphatic heterocycles. The molecular weight excluding hydrogens is 323 g/mol. The van der Waals surface area contributed by atoms with Gasteiger partial charge in [0.05, 0.1) is 0 Å². The fourth-order valence-corrected chi connectivity index (χ4v) is 4.52. The number of hydrogen-bond acceptors (Lipinski definition) is 3. The van der Waals surface area contributed by atoms with Crippen LogP contribution in [0, 0.1) is 11.2 Å². The van der Waals surface area contributed by atoms with Gasteiger partial charge < -0.3 is 4.90 Å². The Bertz CT molecular complexity index is 582. The second-order valence-electron chi connectivity index (χ2n) is 7.21. The Hall–Kier alpha value is -1.07. The summed E-state index contributed by atoms with van der Waals surface area (Å²) in [4.78, 5) is 16.7. The second-order valence-corrected chi connectivity index (χ2v) is 8.20. The summed E-state index contributed by atoms with van der Waals surface area (Å²) in [7, 11) is 0. The highest BCUT2D eigenvalue weighted by molar-refractivity contribution is 7.98. The molecule has 0 radical (unpaired) electrons. The van der Waals surface area contributed by atoms with Crippen LogP contribution in [-0.4, -0.2) is 53.9 Å². The van der Waals surface area contributed by atoms with Gasteiger partial charge >= 0.3 is 0 Å². The average Bonchev–Trinajstić information content (AvgIpc) is 2.98. The molecule has 1 aromatic rings. The normalized spacial score (nSPS) is 24.7. The minimum atomic E-state index is -0.114. The molecule has 132 valence electrons. The molecule has 1 amide bonds. The van der Waals surface area contributed by atoms with E-state index in [9.17, 15) is 9.18 Å². The highest BCUT2D eigenvalue weighted by Crippen LogP contribution is 2.39. The molecule has 3 nitrogen and oxygen atoms in total. The average molecular weight is 351 g/mol. The van der Waals surface area contributed by atoms with Crippen molar-refractivity contribution in [3.8, 4) is 0 Å². The van der Waals surface area contributed by atoms with E-state index in [0.717, 1.165) is 50.3 Å². The molecule has 0 aromatic heterocycles. The van der Waals surface area contributed by atoms with Crippen molar-refractivity contribution in [1.29, 1.82) is 0 Å². The highest BCUT2D eigenvalue weighted by atomic mass is 32.2. The Morgan fingerprint density at radius 2 is 2.08 bits per heavy atom. The van der Waals surface area contributed by atoms with Crippen molar-refractivity contribution in [3.63, 3.8) is 0 Å². The second kappa shape index (κ2) is 7.87. The number of rotatable bonds is 5. The van der Waals surface area contributed by atoms with Crippen molar-refractivity contribution in [1.82, 2.24) is 9.80 Å². The van der Waals surface area contributed by atoms with Gasteiger partial charge in [0.2, 0.25) is 5.91 Å². The van der Waals surface area contributed by atoms with Crippen LogP contribution in [0.1, 0.15) is 31.2 Å². The lowest BCUT2D eigenvalue weighted by Crippen LogP contribution is -2.45. The first kappa shape index (κ1) is 17.7. The van der Waals surface area contributed by atoms with E-state index in [1.807, 2.05) is 18.4 Å². The highest BCUT2D eigenvalue weighted by Gasteiger charge is 2.42. The van der Waals surface area contributed by atoms with Crippen LogP contribution in [-0.2, 0) is 11.3 Å². The molecule has 0 bridgehead atoms. The maximum Gasteiger partial charge on any atom is 0.223 e. The molecule has 1 spiro atoms. The van der Waals surface area contributed by atoms with Gasteiger partial charge in [-0.15, -0.1) is 0 Å². The third-order valence-corrected chi connectivity index (χ3v) is 6.02. The summed E-state index contributed by atoms with van der Waals surface area (Å²) in [6.07, 6.45) is 6.11. The molecule has 5 heteroatoms. The van der Waals surface area contributed by atoms with Crippen molar-refractivity contribution in [2.45, 2.75) is 32.2 Å². The summed E-state index contributed by atoms with van der Waals surface area (Å²) in [6.45, 7) is 4.45. The van der Waals surface area contributed by atoms with Crippen LogP contribution in [0.4, 0.5) is 4.39 Å². The van der Waals surface area contributed by atoms with Crippen molar-refractivity contribution >= 4 is 17.7 Å². The van der Waals surface area contributed by atoms with Gasteiger partial charge in [-0.25, -0.2) is 4.39 Å². The maximum absolute atomic E-state index is 13.9. The number of halogens is 1. The number of nitrogens with zero attached hydrogens (tertiary/aromatic N) is 2. The fourth-order valence-electron chi connectivity index (χ4n) is 4.14. The first-order valence-corrected chi connectivity index (χ1v) is 10.2. The van der Waals surface area contributed by atoms with E-state index in [1.165, 1.54) is 12.5 Å². The summed E-state index contributed by atoms with van der Waals surface area (Å²) >= 11 is 1.73. The minimum absolute atomic E-state index is 0.114. The number of thioether (sulfide) groups is 1. The number of amides is 1. The topological polar surface area (TPSA) is 23.6 Å². The zero-order valence-electron chi connectivity index (χ0n) is 14.5. The van der Waals surface area contributed by atoms with Crippen molar-refractivity contribution < 1.29 is 9.18 Å². The number of carbonyl (C=O) groups is 1. The molecule has 1 aromatic carbocycles. The van der Waals surface area contributed by atoms with Crippen LogP contribution in [0.2, 0.25) is 0 Å². The summed E-state index contributed by atoms with van der Waals surface area (Å²) in [5.74, 6) is 1.09. The summed E-state index contributed by atoms with van der Waals surface area (Å²) < 4.78 is 13.9. The van der Waals surface area contributed by atoms with E-state index in [-0.39, 0.29) is 11.2 Å². The Kier molecular flexibility index (Phi) is 5.82. The molecule has 1 atom stereocenters. The number of likely N-dealkylation sites (tertiary alicyclic amines) is 2. The predicted molar refractivity (Wildman–Crippen MR) is 97.5 cm³/mol. The van der Waals surface area contributed by atoms with E-state index >= 15 is 0 Å². The molecule has 0 saturated carbocycles. The molecule has 3 rings (SSSR count). The van der Waals surface area contributed by atoms with Crippen LogP contribution in [0.3, 0.4) is 0 Å². The van der Waals surface area contributed by atoms with Crippen LogP contribution < -0.4 is 0 Å². The van der Waals surface area contributed by atoms with Crippen molar-refractivity contribution in [2.24, 2.45) is 5.41 Å². The molecule has 2 fully saturated rings. The minimum Gasteiger partial charge on any atom is -0.342 e. The number of hydrogen-bond donors (Lipinski definition) is 0. The first-order valence-electron chi connectivity index (χ1n) is 8.84. The third kappa shape index (κ3) is 4.12. The first-order chi connectivity index (χ1) is 11.6. The number of piperidine rings is 1. The molecule has 2 heterocycles. The Morgan fingerprint density at radius 3 is 2.88 bits per heavy atom. The van der Waals surface area contributed by atoms with Crippen LogP contribution >= 0.6 is 11.8 Å². The zero-order chi connectivity index (χ0) is 17.0. The Labute approximate surface area is 148 Å². The molecule has 24 heavy (non-hydrogen) atoms. The molecule has 0 aliphatic carbocycles. The Morgan fingerprint density at radius 1 is 1.25 bits per heavy atom. The standard InChI is InChI=1S/C19H27FN2OS/c1-24-12-7-18(23)22-11-9-19(15-22)8-4-10-21(14-19)13-16-5-2-3-6-17(16)20/h2-3,5-6H,4,7-15H2,1H3. The van der Waals surface area contributed by atoms with Crippen LogP contribution in [0.5, 0.6) is 0 Å². The summed E-state index contributed by atoms with van der Waals surface area (Å²) in [5, 5.41) is 0. The SMILES string of the molecule is CSCCC(=O)N1CCC2(CCCN(Cc3ccccc3F)C2)C1. The van der Waals surface area contributed by atoms with Crippen molar-refractivity contribution in [3.05, 3.63) is 35.6 Å². The van der Waals surface area contributed by atoms with Gasteiger partial charge in [0, 0.05) is 49.3 Å². The van der Waals surface area contributed by atoms with Gasteiger partial charge in [0.25, 0.3) is 0 Å². The van der Waals surface area contributed by atoms with Gasteiger partial charge in [-0.3, -0.25) is 9.69 Å². The van der Waals surface area contributed by atoms with E-state index in [2.05, 4.69) is 9.80 Å². The number of carbonyl (C=O) groups excluding carboxylic acids is 1. The van der Waals surface area contributed by atoms with Gasteiger partial charge in [0.1, 0.15) is 5.82 Å². The Balaban J connectivity index is 1.59. The molecule has 1 unspecified atom stereocenters. The van der Waals surface area contributed by atoms with E-state index < -0.39 is 0 Å². The maximum atomic E-state index is 13.9. The monoisotopic (exact) mass is 350 g/mol. The zero-order valence-corrected chi connectivity index (χ0v) is 15.3. The lowest BCUT2D eigenvalue weighted by atomic mass is 9.79. The van der Waals surface area contributed by atoms with Gasteiger partial charge in [-0.1, -0.05) is 18.2 Å². The molecular formula is C19H27FN2OS. The summed E-state index contributed by atoms with van der Waals surface area (Å²) in [6, 6.07) is 7.06. The van der Waals surface area contributed by atoms with Gasteiger partial charge in [-0.05, 0) is 38.1 Å². The van der Waals surface area contributed by atoms with E-state index in [4.69, 9.17) is 0 Å². The lowest BCUT2D eigenvalue weighted by molar-refractivity contribution is -0.130. The molecule has 0 N–H and O–H groups in total. The van der Waals surface area contributed by atoms with Gasteiger partial charge in [-0.2, -0.15) is 11.8 Å². The van der Waals surface area contributed by atoms with Crippen LogP contribution in [0.25, 0.3) is 0 Å². The van der Waals surface area contributed by atoms with Gasteiger partial charge in [0.15, 0.2) is 0 Å². The third-order valence-electron chi connectivity index (χ3n) is 5.40. The smallest absolute Gasteiger partial charge is 0.223 e. The van der Waals surface area contributed by atoms with Crippen molar-refractivity contribution in [2.75, 3.05) is 38.2 Å². The van der Waals surface area contributed by atoms with Crippen LogP contribution in [0.15, 0.2) is 24.3 Å². The predicted octanol–water partition coefficient (Wildman–Crippen LogP) is 3.39. The van der Waals surface area contributed by atoms with E-state index in [1.54, 1.807) is 17.8 Å². The van der Waals surface area contributed by atoms with E-state index in [0.29, 0.717) is 18.9 Å². The largest absolute Gasteiger partial charge is 0.342 e.